The number of carbonyl (C=O) groups excluding carboxylic acids is 2. The minimum absolute atomic E-state index is 0.216. The second-order valence-electron chi connectivity index (χ2n) is 6.74. The second-order valence-corrected chi connectivity index (χ2v) is 7.15. The van der Waals surface area contributed by atoms with Crippen molar-refractivity contribution in [3.05, 3.63) is 64.5 Å². The number of hydrogen-bond acceptors (Lipinski definition) is 4. The fourth-order valence-electron chi connectivity index (χ4n) is 2.91. The van der Waals surface area contributed by atoms with Gasteiger partial charge in [0.05, 0.1) is 25.8 Å². The molecule has 0 aliphatic carbocycles. The lowest BCUT2D eigenvalue weighted by atomic mass is 10.1. The van der Waals surface area contributed by atoms with Crippen LogP contribution in [0, 0.1) is 6.57 Å². The number of anilines is 2. The quantitative estimate of drug-likeness (QED) is 0.577. The molecule has 9 heteroatoms. The third kappa shape index (κ3) is 5.86. The highest BCUT2D eigenvalue weighted by atomic mass is 35.5. The number of amides is 3. The lowest BCUT2D eigenvalue weighted by molar-refractivity contribution is 0.0812. The van der Waals surface area contributed by atoms with Gasteiger partial charge in [0.15, 0.2) is 0 Å². The minimum Gasteiger partial charge on any atom is -0.444 e. The summed E-state index contributed by atoms with van der Waals surface area (Å²) in [5, 5.41) is 8.44. The smallest absolute Gasteiger partial charge is 0.407 e. The van der Waals surface area contributed by atoms with Gasteiger partial charge in [0.25, 0.3) is 0 Å². The fourth-order valence-corrected chi connectivity index (χ4v) is 3.13. The predicted molar refractivity (Wildman–Crippen MR) is 114 cm³/mol. The molecule has 0 radical (unpaired) electrons. The van der Waals surface area contributed by atoms with Crippen LogP contribution in [0.3, 0.4) is 0 Å². The zero-order valence-corrected chi connectivity index (χ0v) is 17.0. The highest BCUT2D eigenvalue weighted by Gasteiger charge is 2.21. The first-order chi connectivity index (χ1) is 14.4. The molecular weight excluding hydrogens is 408 g/mol. The van der Waals surface area contributed by atoms with Crippen molar-refractivity contribution in [2.24, 2.45) is 0 Å². The monoisotopic (exact) mass is 428 g/mol. The van der Waals surface area contributed by atoms with Gasteiger partial charge in [-0.25, -0.2) is 14.4 Å². The van der Waals surface area contributed by atoms with Crippen molar-refractivity contribution < 1.29 is 19.1 Å². The number of hydrogen-bond donors (Lipinski definition) is 3. The van der Waals surface area contributed by atoms with E-state index in [1.54, 1.807) is 24.3 Å². The Hall–Kier alpha value is -3.28. The maximum absolute atomic E-state index is 12.3. The van der Waals surface area contributed by atoms with Crippen LogP contribution in [0.25, 0.3) is 4.85 Å². The molecule has 3 N–H and O–H groups in total. The number of urea groups is 1. The van der Waals surface area contributed by atoms with E-state index in [1.807, 2.05) is 13.0 Å². The molecule has 1 aliphatic heterocycles. The van der Waals surface area contributed by atoms with Crippen molar-refractivity contribution in [2.75, 3.05) is 23.8 Å². The molecule has 1 aliphatic rings. The summed E-state index contributed by atoms with van der Waals surface area (Å²) >= 11 is 5.99. The van der Waals surface area contributed by atoms with E-state index in [0.29, 0.717) is 36.7 Å². The first-order valence-corrected chi connectivity index (χ1v) is 9.72. The molecule has 3 rings (SSSR count). The number of alkyl carbamates (subject to hydrolysis) is 1. The van der Waals surface area contributed by atoms with E-state index in [-0.39, 0.29) is 17.2 Å². The summed E-state index contributed by atoms with van der Waals surface area (Å²) in [6, 6.07) is 11.0. The molecular formula is C21H21ClN4O4. The predicted octanol–water partition coefficient (Wildman–Crippen LogP) is 5.11. The van der Waals surface area contributed by atoms with Gasteiger partial charge >= 0.3 is 12.1 Å². The molecule has 2 atom stereocenters. The highest BCUT2D eigenvalue weighted by Crippen LogP contribution is 2.28. The second kappa shape index (κ2) is 9.96. The van der Waals surface area contributed by atoms with Gasteiger partial charge in [-0.2, -0.15) is 0 Å². The number of rotatable bonds is 5. The maximum Gasteiger partial charge on any atom is 0.407 e. The standard InChI is InChI=1S/C21H21ClN4O4/c1-13(24-21(28)30-17-8-9-29-12-17)14-4-3-5-15(10-14)25-20(27)26-16-6-7-19(23-2)18(22)11-16/h3-7,10-11,13,17H,8-9,12H2,1H3,(H,24,28)(H2,25,26,27). The van der Waals surface area contributed by atoms with Crippen LogP contribution in [0.5, 0.6) is 0 Å². The van der Waals surface area contributed by atoms with Gasteiger partial charge in [-0.1, -0.05) is 29.8 Å². The van der Waals surface area contributed by atoms with Crippen LogP contribution < -0.4 is 16.0 Å². The number of halogens is 1. The van der Waals surface area contributed by atoms with E-state index < -0.39 is 12.1 Å². The molecule has 8 nitrogen and oxygen atoms in total. The van der Waals surface area contributed by atoms with Crippen LogP contribution in [-0.4, -0.2) is 31.4 Å². The zero-order chi connectivity index (χ0) is 21.5. The number of benzene rings is 2. The number of carbonyl (C=O) groups is 2. The van der Waals surface area contributed by atoms with Crippen molar-refractivity contribution in [1.82, 2.24) is 5.32 Å². The largest absolute Gasteiger partial charge is 0.444 e. The van der Waals surface area contributed by atoms with Crippen LogP contribution in [-0.2, 0) is 9.47 Å². The van der Waals surface area contributed by atoms with Gasteiger partial charge in [-0.15, -0.1) is 0 Å². The van der Waals surface area contributed by atoms with E-state index in [4.69, 9.17) is 27.6 Å². The van der Waals surface area contributed by atoms with Crippen molar-refractivity contribution in [3.8, 4) is 0 Å². The number of ether oxygens (including phenoxy) is 2. The Bertz CT molecular complexity index is 970. The van der Waals surface area contributed by atoms with Crippen molar-refractivity contribution in [3.63, 3.8) is 0 Å². The number of nitrogens with one attached hydrogen (secondary N) is 3. The summed E-state index contributed by atoms with van der Waals surface area (Å²) in [7, 11) is 0. The average Bonchev–Trinajstić information content (AvgIpc) is 3.21. The van der Waals surface area contributed by atoms with Crippen molar-refractivity contribution in [2.45, 2.75) is 25.5 Å². The van der Waals surface area contributed by atoms with Crippen LogP contribution in [0.2, 0.25) is 5.02 Å². The molecule has 1 fully saturated rings. The summed E-state index contributed by atoms with van der Waals surface area (Å²) in [5.74, 6) is 0. The first-order valence-electron chi connectivity index (χ1n) is 9.34. The van der Waals surface area contributed by atoms with Gasteiger partial charge in [-0.3, -0.25) is 0 Å². The Morgan fingerprint density at radius 1 is 1.23 bits per heavy atom. The third-order valence-corrected chi connectivity index (χ3v) is 4.77. The lowest BCUT2D eigenvalue weighted by Crippen LogP contribution is -2.31. The molecule has 1 saturated heterocycles. The Morgan fingerprint density at radius 3 is 2.67 bits per heavy atom. The molecule has 0 aromatic heterocycles. The van der Waals surface area contributed by atoms with Crippen LogP contribution in [0.15, 0.2) is 42.5 Å². The lowest BCUT2D eigenvalue weighted by Gasteiger charge is -2.17. The Morgan fingerprint density at radius 2 is 2.00 bits per heavy atom. The van der Waals surface area contributed by atoms with E-state index in [9.17, 15) is 9.59 Å². The summed E-state index contributed by atoms with van der Waals surface area (Å²) in [4.78, 5) is 27.6. The van der Waals surface area contributed by atoms with Crippen LogP contribution in [0.1, 0.15) is 24.9 Å². The SMILES string of the molecule is [C-]#[N+]c1ccc(NC(=O)Nc2cccc(C(C)NC(=O)OC3CCOC3)c2)cc1Cl. The van der Waals surface area contributed by atoms with Gasteiger partial charge in [-0.05, 0) is 36.8 Å². The molecule has 2 aromatic carbocycles. The number of nitrogens with zero attached hydrogens (tertiary/aromatic N) is 1. The van der Waals surface area contributed by atoms with Crippen LogP contribution in [0.4, 0.5) is 26.7 Å². The van der Waals surface area contributed by atoms with Crippen molar-refractivity contribution in [1.29, 1.82) is 0 Å². The maximum atomic E-state index is 12.3. The van der Waals surface area contributed by atoms with Crippen molar-refractivity contribution >= 4 is 40.8 Å². The Kier molecular flexibility index (Phi) is 7.12. The third-order valence-electron chi connectivity index (χ3n) is 4.47. The van der Waals surface area contributed by atoms with Crippen LogP contribution >= 0.6 is 11.6 Å². The minimum atomic E-state index is -0.506. The van der Waals surface area contributed by atoms with E-state index in [1.165, 1.54) is 12.1 Å². The summed E-state index contributed by atoms with van der Waals surface area (Å²) in [5.41, 5.74) is 2.14. The molecule has 1 heterocycles. The van der Waals surface area contributed by atoms with Gasteiger partial charge in [0.2, 0.25) is 5.69 Å². The van der Waals surface area contributed by atoms with Gasteiger partial charge < -0.3 is 25.4 Å². The molecule has 156 valence electrons. The average molecular weight is 429 g/mol. The summed E-state index contributed by atoms with van der Waals surface area (Å²) < 4.78 is 10.5. The normalized spacial score (nSPS) is 16.2. The molecule has 3 amide bonds. The van der Waals surface area contributed by atoms with E-state index in [2.05, 4.69) is 20.8 Å². The van der Waals surface area contributed by atoms with E-state index in [0.717, 1.165) is 5.56 Å². The summed E-state index contributed by atoms with van der Waals surface area (Å²) in [6.45, 7) is 9.84. The van der Waals surface area contributed by atoms with Gasteiger partial charge in [0.1, 0.15) is 6.10 Å². The first kappa shape index (κ1) is 21.4. The summed E-state index contributed by atoms with van der Waals surface area (Å²) in [6.07, 6.45) is -0.0256. The van der Waals surface area contributed by atoms with Gasteiger partial charge in [0, 0.05) is 22.8 Å². The fraction of sp³-hybridized carbons (Fsp3) is 0.286. The Labute approximate surface area is 179 Å². The molecule has 30 heavy (non-hydrogen) atoms. The van der Waals surface area contributed by atoms with E-state index >= 15 is 0 Å². The Balaban J connectivity index is 1.56. The topological polar surface area (TPSA) is 93.1 Å². The molecule has 2 aromatic rings. The molecule has 2 unspecified atom stereocenters. The molecule has 0 spiro atoms. The molecule has 0 saturated carbocycles. The zero-order valence-electron chi connectivity index (χ0n) is 16.3. The molecule has 0 bridgehead atoms. The highest BCUT2D eigenvalue weighted by molar-refractivity contribution is 6.33.